The second kappa shape index (κ2) is 8.81. The highest BCUT2D eigenvalue weighted by molar-refractivity contribution is 7.19. The summed E-state index contributed by atoms with van der Waals surface area (Å²) >= 11 is 7.77. The summed E-state index contributed by atoms with van der Waals surface area (Å²) in [6, 6.07) is 12.9. The average Bonchev–Trinajstić information content (AvgIpc) is 3.02. The molecule has 28 heavy (non-hydrogen) atoms. The minimum atomic E-state index is -0.541. The van der Waals surface area contributed by atoms with Gasteiger partial charge < -0.3 is 10.1 Å². The predicted octanol–water partition coefficient (Wildman–Crippen LogP) is 4.33. The first-order chi connectivity index (χ1) is 13.5. The summed E-state index contributed by atoms with van der Waals surface area (Å²) < 4.78 is 6.25. The first-order valence-corrected chi connectivity index (χ1v) is 9.49. The zero-order valence-electron chi connectivity index (χ0n) is 14.5. The number of nitrogens with one attached hydrogen (secondary N) is 1. The Bertz CT molecular complexity index is 1030. The van der Waals surface area contributed by atoms with Crippen LogP contribution in [-0.4, -0.2) is 23.3 Å². The van der Waals surface area contributed by atoms with Crippen molar-refractivity contribution in [3.8, 4) is 0 Å². The maximum atomic E-state index is 12.0. The molecule has 0 aliphatic heterocycles. The van der Waals surface area contributed by atoms with E-state index in [-0.39, 0.29) is 30.8 Å². The molecule has 0 aliphatic rings. The van der Waals surface area contributed by atoms with Crippen LogP contribution < -0.4 is 5.32 Å². The molecule has 0 saturated heterocycles. The van der Waals surface area contributed by atoms with Gasteiger partial charge in [-0.3, -0.25) is 19.7 Å². The van der Waals surface area contributed by atoms with Crippen LogP contribution in [0.1, 0.15) is 21.7 Å². The summed E-state index contributed by atoms with van der Waals surface area (Å²) in [4.78, 5) is 34.7. The number of benzene rings is 2. The molecule has 0 unspecified atom stereocenters. The molecule has 2 aromatic carbocycles. The van der Waals surface area contributed by atoms with E-state index >= 15 is 0 Å². The molecular formula is C19H15ClN2O5S. The van der Waals surface area contributed by atoms with Crippen molar-refractivity contribution >= 4 is 50.6 Å². The maximum Gasteiger partial charge on any atom is 0.307 e. The monoisotopic (exact) mass is 418 g/mol. The lowest BCUT2D eigenvalue weighted by atomic mass is 10.2. The number of ether oxygens (including phenoxy) is 1. The number of rotatable bonds is 7. The summed E-state index contributed by atoms with van der Waals surface area (Å²) in [5.74, 6) is -0.882. The fraction of sp³-hybridized carbons (Fsp3) is 0.158. The largest absolute Gasteiger partial charge is 0.460 e. The van der Waals surface area contributed by atoms with Crippen LogP contribution in [0.15, 0.2) is 48.5 Å². The molecule has 1 N–H and O–H groups in total. The lowest BCUT2D eigenvalue weighted by Crippen LogP contribution is -2.26. The van der Waals surface area contributed by atoms with Crippen molar-refractivity contribution < 1.29 is 19.2 Å². The molecule has 1 heterocycles. The summed E-state index contributed by atoms with van der Waals surface area (Å²) in [6.45, 7) is 0.169. The molecule has 1 amide bonds. The Kier molecular flexibility index (Phi) is 6.23. The molecule has 9 heteroatoms. The second-order valence-electron chi connectivity index (χ2n) is 5.81. The Morgan fingerprint density at radius 3 is 2.54 bits per heavy atom. The standard InChI is InChI=1S/C19H15ClN2O5S/c20-18-14-3-1-2-4-15(14)28-16(18)11-27-17(23)9-10-21-19(24)12-5-7-13(8-6-12)22(25)26/h1-8H,9-11H2,(H,21,24). The Morgan fingerprint density at radius 1 is 1.14 bits per heavy atom. The number of nitro groups is 1. The van der Waals surface area contributed by atoms with Crippen molar-refractivity contribution in [1.29, 1.82) is 0 Å². The molecule has 0 bridgehead atoms. The highest BCUT2D eigenvalue weighted by atomic mass is 35.5. The normalized spacial score (nSPS) is 10.6. The van der Waals surface area contributed by atoms with E-state index in [4.69, 9.17) is 16.3 Å². The summed E-state index contributed by atoms with van der Waals surface area (Å²) in [5.41, 5.74) is 0.177. The van der Waals surface area contributed by atoms with Gasteiger partial charge in [0, 0.05) is 34.3 Å². The topological polar surface area (TPSA) is 98.5 Å². The first-order valence-electron chi connectivity index (χ1n) is 8.30. The van der Waals surface area contributed by atoms with Gasteiger partial charge in [-0.15, -0.1) is 11.3 Å². The molecule has 0 fully saturated rings. The zero-order valence-corrected chi connectivity index (χ0v) is 16.1. The van der Waals surface area contributed by atoms with Crippen LogP contribution in [0.25, 0.3) is 10.1 Å². The number of hydrogen-bond donors (Lipinski definition) is 1. The van der Waals surface area contributed by atoms with Crippen LogP contribution in [-0.2, 0) is 16.1 Å². The number of thiophene rings is 1. The van der Waals surface area contributed by atoms with Gasteiger partial charge >= 0.3 is 5.97 Å². The van der Waals surface area contributed by atoms with Crippen LogP contribution in [0, 0.1) is 10.1 Å². The number of carbonyl (C=O) groups is 2. The number of fused-ring (bicyclic) bond motifs is 1. The van der Waals surface area contributed by atoms with Crippen LogP contribution >= 0.6 is 22.9 Å². The Balaban J connectivity index is 1.45. The van der Waals surface area contributed by atoms with Crippen LogP contribution in [0.2, 0.25) is 5.02 Å². The molecule has 3 aromatic rings. The van der Waals surface area contributed by atoms with E-state index in [2.05, 4.69) is 5.32 Å². The lowest BCUT2D eigenvalue weighted by molar-refractivity contribution is -0.384. The number of non-ortho nitro benzene ring substituents is 1. The van der Waals surface area contributed by atoms with Crippen molar-refractivity contribution in [3.05, 3.63) is 74.1 Å². The number of carbonyl (C=O) groups excluding carboxylic acids is 2. The van der Waals surface area contributed by atoms with Gasteiger partial charge in [-0.1, -0.05) is 29.8 Å². The van der Waals surface area contributed by atoms with E-state index < -0.39 is 16.8 Å². The number of hydrogen-bond acceptors (Lipinski definition) is 6. The summed E-state index contributed by atoms with van der Waals surface area (Å²) in [5, 5.41) is 14.7. The number of halogens is 1. The molecule has 0 atom stereocenters. The molecule has 0 saturated carbocycles. The van der Waals surface area contributed by atoms with Gasteiger partial charge in [-0.25, -0.2) is 0 Å². The average molecular weight is 419 g/mol. The highest BCUT2D eigenvalue weighted by Crippen LogP contribution is 2.35. The predicted molar refractivity (Wildman–Crippen MR) is 107 cm³/mol. The van der Waals surface area contributed by atoms with Crippen LogP contribution in [0.5, 0.6) is 0 Å². The maximum absolute atomic E-state index is 12.0. The third-order valence-electron chi connectivity index (χ3n) is 3.92. The molecule has 1 aromatic heterocycles. The van der Waals surface area contributed by atoms with Gasteiger partial charge in [-0.2, -0.15) is 0 Å². The fourth-order valence-electron chi connectivity index (χ4n) is 2.49. The van der Waals surface area contributed by atoms with Gasteiger partial charge in [0.15, 0.2) is 0 Å². The van der Waals surface area contributed by atoms with Crippen LogP contribution in [0.3, 0.4) is 0 Å². The Morgan fingerprint density at radius 2 is 1.86 bits per heavy atom. The third-order valence-corrected chi connectivity index (χ3v) is 5.61. The Labute approximate surface area is 169 Å². The first kappa shape index (κ1) is 19.8. The molecule has 7 nitrogen and oxygen atoms in total. The molecule has 0 spiro atoms. The lowest BCUT2D eigenvalue weighted by Gasteiger charge is -2.06. The number of nitro benzene ring substituents is 1. The minimum Gasteiger partial charge on any atom is -0.460 e. The Hall–Kier alpha value is -2.97. The molecule has 0 aliphatic carbocycles. The highest BCUT2D eigenvalue weighted by Gasteiger charge is 2.13. The van der Waals surface area contributed by atoms with Gasteiger partial charge in [0.2, 0.25) is 0 Å². The van der Waals surface area contributed by atoms with Gasteiger partial charge in [0.25, 0.3) is 11.6 Å². The van der Waals surface area contributed by atoms with E-state index in [9.17, 15) is 19.7 Å². The van der Waals surface area contributed by atoms with Gasteiger partial charge in [0.1, 0.15) is 6.61 Å². The number of nitrogens with zero attached hydrogens (tertiary/aromatic N) is 1. The quantitative estimate of drug-likeness (QED) is 0.350. The van der Waals surface area contributed by atoms with E-state index in [0.717, 1.165) is 15.0 Å². The molecule has 3 rings (SSSR count). The smallest absolute Gasteiger partial charge is 0.307 e. The third kappa shape index (κ3) is 4.65. The summed E-state index contributed by atoms with van der Waals surface area (Å²) in [6.07, 6.45) is 0.00123. The van der Waals surface area contributed by atoms with Gasteiger partial charge in [-0.05, 0) is 18.2 Å². The number of esters is 1. The SMILES string of the molecule is O=C(CCNC(=O)c1ccc([N+](=O)[O-])cc1)OCc1sc2ccccc2c1Cl. The van der Waals surface area contributed by atoms with Crippen molar-refractivity contribution in [2.75, 3.05) is 6.54 Å². The zero-order chi connectivity index (χ0) is 20.1. The number of amides is 1. The van der Waals surface area contributed by atoms with Crippen molar-refractivity contribution in [2.45, 2.75) is 13.0 Å². The van der Waals surface area contributed by atoms with Crippen molar-refractivity contribution in [2.24, 2.45) is 0 Å². The van der Waals surface area contributed by atoms with Crippen molar-refractivity contribution in [1.82, 2.24) is 5.32 Å². The van der Waals surface area contributed by atoms with Crippen LogP contribution in [0.4, 0.5) is 5.69 Å². The molecule has 144 valence electrons. The van der Waals surface area contributed by atoms with E-state index in [0.29, 0.717) is 5.02 Å². The second-order valence-corrected chi connectivity index (χ2v) is 7.32. The van der Waals surface area contributed by atoms with E-state index in [1.807, 2.05) is 24.3 Å². The van der Waals surface area contributed by atoms with E-state index in [1.54, 1.807) is 0 Å². The molecule has 0 radical (unpaired) electrons. The van der Waals surface area contributed by atoms with Gasteiger partial charge in [0.05, 0.1) is 21.2 Å². The fourth-order valence-corrected chi connectivity index (χ4v) is 3.89. The minimum absolute atomic E-state index is 0.00123. The van der Waals surface area contributed by atoms with E-state index in [1.165, 1.54) is 35.6 Å². The molecular weight excluding hydrogens is 404 g/mol. The van der Waals surface area contributed by atoms with Crippen molar-refractivity contribution in [3.63, 3.8) is 0 Å². The summed E-state index contributed by atoms with van der Waals surface area (Å²) in [7, 11) is 0.